The Kier molecular flexibility index (Phi) is 5.94. The third-order valence-corrected chi connectivity index (χ3v) is 2.82. The van der Waals surface area contributed by atoms with Gasteiger partial charge in [0.1, 0.15) is 23.5 Å². The summed E-state index contributed by atoms with van der Waals surface area (Å²) in [5.74, 6) is -1.10. The highest BCUT2D eigenvalue weighted by Crippen LogP contribution is 2.30. The maximum Gasteiger partial charge on any atom is 0.412 e. The van der Waals surface area contributed by atoms with Gasteiger partial charge in [-0.1, -0.05) is 0 Å². The number of carboxylic acids is 1. The number of carboxylic acid groups (broad SMARTS) is 1. The summed E-state index contributed by atoms with van der Waals surface area (Å²) >= 11 is 0. The summed E-state index contributed by atoms with van der Waals surface area (Å²) in [4.78, 5) is 22.7. The van der Waals surface area contributed by atoms with Crippen LogP contribution in [-0.2, 0) is 9.53 Å². The van der Waals surface area contributed by atoms with E-state index in [-0.39, 0.29) is 11.3 Å². The van der Waals surface area contributed by atoms with Gasteiger partial charge in [-0.3, -0.25) is 10.1 Å². The summed E-state index contributed by atoms with van der Waals surface area (Å²) in [7, 11) is 1.37. The van der Waals surface area contributed by atoms with Crippen LogP contribution in [0.5, 0.6) is 5.75 Å². The van der Waals surface area contributed by atoms with Crippen molar-refractivity contribution in [3.8, 4) is 5.75 Å². The maximum absolute atomic E-state index is 11.8. The fourth-order valence-corrected chi connectivity index (χ4v) is 1.79. The van der Waals surface area contributed by atoms with Crippen molar-refractivity contribution in [3.05, 3.63) is 23.8 Å². The highest BCUT2D eigenvalue weighted by molar-refractivity contribution is 5.85. The maximum atomic E-state index is 11.8. The second-order valence-electron chi connectivity index (χ2n) is 5.89. The number of nitrogens with one attached hydrogen (secondary N) is 1. The van der Waals surface area contributed by atoms with Gasteiger partial charge in [-0.05, 0) is 39.0 Å². The zero-order valence-corrected chi connectivity index (χ0v) is 13.5. The van der Waals surface area contributed by atoms with Crippen molar-refractivity contribution in [2.45, 2.75) is 38.5 Å². The molecule has 1 aromatic rings. The Morgan fingerprint density at radius 1 is 1.30 bits per heavy atom. The van der Waals surface area contributed by atoms with Crippen LogP contribution in [0, 0.1) is 0 Å². The number of carbonyl (C=O) groups excluding carboxylic acids is 1. The Hall–Kier alpha value is -2.32. The van der Waals surface area contributed by atoms with Gasteiger partial charge >= 0.3 is 12.1 Å². The van der Waals surface area contributed by atoms with Crippen molar-refractivity contribution in [1.29, 1.82) is 0 Å². The van der Waals surface area contributed by atoms with E-state index in [1.54, 1.807) is 20.8 Å². The Bertz CT molecular complexity index is 582. The van der Waals surface area contributed by atoms with Gasteiger partial charge in [0.2, 0.25) is 0 Å². The predicted octanol–water partition coefficient (Wildman–Crippen LogP) is 1.49. The third kappa shape index (κ3) is 5.42. The Morgan fingerprint density at radius 3 is 2.39 bits per heavy atom. The van der Waals surface area contributed by atoms with Crippen LogP contribution < -0.4 is 15.8 Å². The number of methoxy groups -OCH3 is 1. The molecule has 0 spiro atoms. The molecular formula is C15H22N2O6. The Morgan fingerprint density at radius 2 is 1.91 bits per heavy atom. The summed E-state index contributed by atoms with van der Waals surface area (Å²) < 4.78 is 10.2. The first-order chi connectivity index (χ1) is 10.5. The predicted molar refractivity (Wildman–Crippen MR) is 83.4 cm³/mol. The van der Waals surface area contributed by atoms with Crippen LogP contribution >= 0.6 is 0 Å². The fourth-order valence-electron chi connectivity index (χ4n) is 1.79. The molecule has 2 atom stereocenters. The lowest BCUT2D eigenvalue weighted by atomic mass is 10.0. The van der Waals surface area contributed by atoms with E-state index in [0.29, 0.717) is 5.69 Å². The Balaban J connectivity index is 3.03. The van der Waals surface area contributed by atoms with Gasteiger partial charge in [0.25, 0.3) is 0 Å². The van der Waals surface area contributed by atoms with Crippen molar-refractivity contribution >= 4 is 17.7 Å². The van der Waals surface area contributed by atoms with Gasteiger partial charge in [0.15, 0.2) is 0 Å². The van der Waals surface area contributed by atoms with Gasteiger partial charge in [0, 0.05) is 11.3 Å². The van der Waals surface area contributed by atoms with Crippen molar-refractivity contribution in [2.24, 2.45) is 5.73 Å². The largest absolute Gasteiger partial charge is 0.496 e. The average Bonchev–Trinajstić information content (AvgIpc) is 2.43. The molecule has 1 rings (SSSR count). The number of rotatable bonds is 5. The number of nitrogens with two attached hydrogens (primary N) is 1. The molecule has 0 saturated carbocycles. The minimum absolute atomic E-state index is 0.149. The first kappa shape index (κ1) is 18.7. The second kappa shape index (κ2) is 7.30. The van der Waals surface area contributed by atoms with E-state index in [1.807, 2.05) is 0 Å². The molecule has 1 amide bonds. The van der Waals surface area contributed by atoms with E-state index in [0.717, 1.165) is 0 Å². The molecule has 1 aromatic carbocycles. The van der Waals surface area contributed by atoms with Crippen LogP contribution in [-0.4, -0.2) is 41.0 Å². The van der Waals surface area contributed by atoms with E-state index < -0.39 is 29.8 Å². The Labute approximate surface area is 134 Å². The molecule has 8 nitrogen and oxygen atoms in total. The van der Waals surface area contributed by atoms with Crippen LogP contribution in [0.3, 0.4) is 0 Å². The summed E-state index contributed by atoms with van der Waals surface area (Å²) in [6.45, 7) is 5.17. The second-order valence-corrected chi connectivity index (χ2v) is 5.89. The number of aliphatic carboxylic acids is 1. The minimum atomic E-state index is -1.53. The lowest BCUT2D eigenvalue weighted by Crippen LogP contribution is -2.36. The van der Waals surface area contributed by atoms with Crippen LogP contribution in [0.25, 0.3) is 0 Å². The lowest BCUT2D eigenvalue weighted by molar-refractivity contribution is -0.141. The number of hydrogen-bond donors (Lipinski definition) is 4. The highest BCUT2D eigenvalue weighted by Gasteiger charge is 2.27. The topological polar surface area (TPSA) is 131 Å². The number of carbonyl (C=O) groups is 2. The van der Waals surface area contributed by atoms with E-state index in [2.05, 4.69) is 5.32 Å². The quantitative estimate of drug-likeness (QED) is 0.644. The molecule has 5 N–H and O–H groups in total. The van der Waals surface area contributed by atoms with E-state index in [9.17, 15) is 14.7 Å². The van der Waals surface area contributed by atoms with Gasteiger partial charge in [0.05, 0.1) is 7.11 Å². The smallest absolute Gasteiger partial charge is 0.412 e. The van der Waals surface area contributed by atoms with Crippen molar-refractivity contribution in [1.82, 2.24) is 0 Å². The SMILES string of the molecule is COc1ccc(NC(=O)OC(C)(C)C)cc1C(O)C(N)C(=O)O. The van der Waals surface area contributed by atoms with Crippen molar-refractivity contribution < 1.29 is 29.3 Å². The molecule has 0 aliphatic rings. The van der Waals surface area contributed by atoms with E-state index in [1.165, 1.54) is 25.3 Å². The molecule has 23 heavy (non-hydrogen) atoms. The number of hydrogen-bond acceptors (Lipinski definition) is 6. The molecule has 0 heterocycles. The van der Waals surface area contributed by atoms with Crippen molar-refractivity contribution in [2.75, 3.05) is 12.4 Å². The van der Waals surface area contributed by atoms with Crippen molar-refractivity contribution in [3.63, 3.8) is 0 Å². The molecule has 0 fully saturated rings. The standard InChI is InChI=1S/C15H22N2O6/c1-15(2,3)23-14(21)17-8-5-6-10(22-4)9(7-8)12(18)11(16)13(19)20/h5-7,11-12,18H,16H2,1-4H3,(H,17,21)(H,19,20). The summed E-state index contributed by atoms with van der Waals surface area (Å²) in [6.07, 6.45) is -2.17. The number of anilines is 1. The van der Waals surface area contributed by atoms with Crippen LogP contribution in [0.4, 0.5) is 10.5 Å². The third-order valence-electron chi connectivity index (χ3n) is 2.82. The molecule has 0 aliphatic heterocycles. The molecule has 0 aromatic heterocycles. The van der Waals surface area contributed by atoms with Crippen LogP contribution in [0.1, 0.15) is 32.4 Å². The molecule has 0 bridgehead atoms. The molecule has 0 saturated heterocycles. The molecular weight excluding hydrogens is 304 g/mol. The van der Waals surface area contributed by atoms with Gasteiger partial charge in [-0.25, -0.2) is 4.79 Å². The minimum Gasteiger partial charge on any atom is -0.496 e. The summed E-state index contributed by atoms with van der Waals surface area (Å²) in [5.41, 5.74) is 5.23. The van der Waals surface area contributed by atoms with Crippen LogP contribution in [0.2, 0.25) is 0 Å². The zero-order chi connectivity index (χ0) is 17.8. The molecule has 128 valence electrons. The molecule has 2 unspecified atom stereocenters. The molecule has 8 heteroatoms. The molecule has 0 radical (unpaired) electrons. The fraction of sp³-hybridized carbons (Fsp3) is 0.467. The average molecular weight is 326 g/mol. The first-order valence-corrected chi connectivity index (χ1v) is 6.89. The monoisotopic (exact) mass is 326 g/mol. The number of ether oxygens (including phenoxy) is 2. The first-order valence-electron chi connectivity index (χ1n) is 6.89. The van der Waals surface area contributed by atoms with Gasteiger partial charge < -0.3 is 25.4 Å². The number of benzene rings is 1. The van der Waals surface area contributed by atoms with Crippen LogP contribution in [0.15, 0.2) is 18.2 Å². The van der Waals surface area contributed by atoms with Gasteiger partial charge in [-0.15, -0.1) is 0 Å². The van der Waals surface area contributed by atoms with Gasteiger partial charge in [-0.2, -0.15) is 0 Å². The normalized spacial score (nSPS) is 13.8. The summed E-state index contributed by atoms with van der Waals surface area (Å²) in [6, 6.07) is 2.88. The number of aliphatic hydroxyl groups is 1. The van der Waals surface area contributed by atoms with E-state index in [4.69, 9.17) is 20.3 Å². The molecule has 0 aliphatic carbocycles. The summed E-state index contributed by atoms with van der Waals surface area (Å²) in [5, 5.41) is 21.5. The lowest BCUT2D eigenvalue weighted by Gasteiger charge is -2.21. The zero-order valence-electron chi connectivity index (χ0n) is 13.5. The van der Waals surface area contributed by atoms with E-state index >= 15 is 0 Å². The number of amides is 1. The number of aliphatic hydroxyl groups excluding tert-OH is 1. The highest BCUT2D eigenvalue weighted by atomic mass is 16.6.